The summed E-state index contributed by atoms with van der Waals surface area (Å²) >= 11 is 0. The lowest BCUT2D eigenvalue weighted by Crippen LogP contribution is -2.14. The summed E-state index contributed by atoms with van der Waals surface area (Å²) in [7, 11) is -3.78. The normalized spacial score (nSPS) is 18.7. The maximum Gasteiger partial charge on any atom is 0.283 e. The van der Waals surface area contributed by atoms with E-state index in [9.17, 15) is 8.42 Å². The molecule has 0 saturated heterocycles. The lowest BCUT2D eigenvalue weighted by Gasteiger charge is -2.20. The van der Waals surface area contributed by atoms with Crippen LogP contribution in [-0.2, 0) is 21.9 Å². The van der Waals surface area contributed by atoms with Crippen LogP contribution >= 0.6 is 0 Å². The van der Waals surface area contributed by atoms with Crippen molar-refractivity contribution in [1.82, 2.24) is 14.7 Å². The van der Waals surface area contributed by atoms with Gasteiger partial charge in [0.25, 0.3) is 10.0 Å². The zero-order chi connectivity index (χ0) is 16.8. The van der Waals surface area contributed by atoms with Crippen LogP contribution in [0.2, 0.25) is 0 Å². The number of nitrogens with one attached hydrogen (secondary N) is 1. The van der Waals surface area contributed by atoms with Crippen LogP contribution in [0, 0.1) is 0 Å². The van der Waals surface area contributed by atoms with Gasteiger partial charge in [0.05, 0.1) is 5.69 Å². The Kier molecular flexibility index (Phi) is 3.74. The summed E-state index contributed by atoms with van der Waals surface area (Å²) in [6.07, 6.45) is 4.47. The van der Waals surface area contributed by atoms with Crippen LogP contribution in [0.3, 0.4) is 0 Å². The fourth-order valence-corrected chi connectivity index (χ4v) is 3.60. The highest BCUT2D eigenvalue weighted by molar-refractivity contribution is 7.92. The fraction of sp³-hybridized carbons (Fsp3) is 0.600. The van der Waals surface area contributed by atoms with Crippen LogP contribution in [0.25, 0.3) is 0 Å². The van der Waals surface area contributed by atoms with Crippen LogP contribution in [0.4, 0.5) is 5.88 Å². The molecule has 0 aromatic carbocycles. The maximum absolute atomic E-state index is 12.5. The van der Waals surface area contributed by atoms with Gasteiger partial charge in [-0.15, -0.1) is 0 Å². The molecule has 0 aliphatic carbocycles. The molecule has 23 heavy (non-hydrogen) atoms. The average Bonchev–Trinajstić information content (AvgIpc) is 3.04. The quantitative estimate of drug-likeness (QED) is 0.929. The van der Waals surface area contributed by atoms with Gasteiger partial charge in [-0.2, -0.15) is 8.42 Å². The molecule has 0 bridgehead atoms. The van der Waals surface area contributed by atoms with E-state index in [1.54, 1.807) is 12.3 Å². The van der Waals surface area contributed by atoms with E-state index in [0.29, 0.717) is 5.69 Å². The number of hydrogen-bond acceptors (Lipinski definition) is 5. The number of fused-ring (bicyclic) bond motifs is 1. The van der Waals surface area contributed by atoms with Crippen LogP contribution in [0.5, 0.6) is 0 Å². The number of aromatic nitrogens is 3. The monoisotopic (exact) mass is 338 g/mol. The minimum Gasteiger partial charge on any atom is -0.338 e. The number of nitrogens with zero attached hydrogens (tertiary/aromatic N) is 3. The molecular formula is C15H22N4O3S. The standard InChI is InChI=1S/C15H22N4O3S/c1-10-6-5-7-12-16-14(9-19(10)12)23(20,21)18-13-8-11(17-22-13)15(2,3)4/h8-10,18H,5-7H2,1-4H3. The van der Waals surface area contributed by atoms with Crippen molar-refractivity contribution in [3.8, 4) is 0 Å². The summed E-state index contributed by atoms with van der Waals surface area (Å²) in [4.78, 5) is 4.28. The van der Waals surface area contributed by atoms with Crippen molar-refractivity contribution in [3.63, 3.8) is 0 Å². The predicted molar refractivity (Wildman–Crippen MR) is 85.9 cm³/mol. The molecule has 2 aromatic heterocycles. The highest BCUT2D eigenvalue weighted by Crippen LogP contribution is 2.28. The first-order valence-electron chi connectivity index (χ1n) is 7.74. The Morgan fingerprint density at radius 2 is 2.13 bits per heavy atom. The lowest BCUT2D eigenvalue weighted by atomic mass is 9.92. The summed E-state index contributed by atoms with van der Waals surface area (Å²) in [6.45, 7) is 8.01. The van der Waals surface area contributed by atoms with E-state index in [1.807, 2.05) is 25.3 Å². The molecule has 0 amide bonds. The first-order chi connectivity index (χ1) is 10.7. The molecule has 1 aliphatic rings. The van der Waals surface area contributed by atoms with Crippen molar-refractivity contribution in [2.24, 2.45) is 0 Å². The third kappa shape index (κ3) is 3.12. The summed E-state index contributed by atoms with van der Waals surface area (Å²) in [6, 6.07) is 1.88. The zero-order valence-corrected chi connectivity index (χ0v) is 14.6. The Morgan fingerprint density at radius 3 is 2.74 bits per heavy atom. The third-order valence-electron chi connectivity index (χ3n) is 4.07. The van der Waals surface area contributed by atoms with Gasteiger partial charge in [0.1, 0.15) is 5.82 Å². The van der Waals surface area contributed by atoms with Crippen molar-refractivity contribution in [2.75, 3.05) is 4.72 Å². The van der Waals surface area contributed by atoms with Gasteiger partial charge < -0.3 is 9.09 Å². The highest BCUT2D eigenvalue weighted by atomic mass is 32.2. The molecular weight excluding hydrogens is 316 g/mol. The van der Waals surface area contributed by atoms with Gasteiger partial charge >= 0.3 is 0 Å². The number of rotatable bonds is 3. The SMILES string of the molecule is CC1CCCc2nc(S(=O)(=O)Nc3cc(C(C)(C)C)no3)cn21. The number of sulfonamides is 1. The zero-order valence-electron chi connectivity index (χ0n) is 13.8. The molecule has 2 aromatic rings. The molecule has 1 aliphatic heterocycles. The molecule has 8 heteroatoms. The van der Waals surface area contributed by atoms with Crippen LogP contribution in [0.15, 0.2) is 21.8 Å². The average molecular weight is 338 g/mol. The number of aryl methyl sites for hydroxylation is 1. The van der Waals surface area contributed by atoms with Crippen molar-refractivity contribution >= 4 is 15.9 Å². The van der Waals surface area contributed by atoms with Crippen molar-refractivity contribution in [1.29, 1.82) is 0 Å². The van der Waals surface area contributed by atoms with Crippen molar-refractivity contribution in [3.05, 3.63) is 23.8 Å². The van der Waals surface area contributed by atoms with Crippen LogP contribution < -0.4 is 4.72 Å². The molecule has 0 fully saturated rings. The second kappa shape index (κ2) is 5.36. The van der Waals surface area contributed by atoms with Crippen molar-refractivity contribution in [2.45, 2.75) is 63.4 Å². The first-order valence-corrected chi connectivity index (χ1v) is 9.23. The van der Waals surface area contributed by atoms with Gasteiger partial charge in [0.2, 0.25) is 5.88 Å². The first kappa shape index (κ1) is 16.0. The summed E-state index contributed by atoms with van der Waals surface area (Å²) in [5.41, 5.74) is 0.476. The van der Waals surface area contributed by atoms with Crippen LogP contribution in [0.1, 0.15) is 58.1 Å². The summed E-state index contributed by atoms with van der Waals surface area (Å²) in [5, 5.41) is 3.94. The molecule has 0 saturated carbocycles. The second-order valence-electron chi connectivity index (χ2n) is 7.08. The predicted octanol–water partition coefficient (Wildman–Crippen LogP) is 2.87. The minimum absolute atomic E-state index is 0.0231. The van der Waals surface area contributed by atoms with E-state index in [-0.39, 0.29) is 22.4 Å². The second-order valence-corrected chi connectivity index (χ2v) is 8.71. The van der Waals surface area contributed by atoms with Gasteiger partial charge in [0, 0.05) is 30.1 Å². The molecule has 126 valence electrons. The molecule has 0 spiro atoms. The Labute approximate surface area is 136 Å². The molecule has 7 nitrogen and oxygen atoms in total. The Hall–Kier alpha value is -1.83. The van der Waals surface area contributed by atoms with E-state index in [0.717, 1.165) is 25.1 Å². The molecule has 0 radical (unpaired) electrons. The summed E-state index contributed by atoms with van der Waals surface area (Å²) in [5.74, 6) is 0.922. The number of imidazole rings is 1. The van der Waals surface area contributed by atoms with E-state index < -0.39 is 10.0 Å². The summed E-state index contributed by atoms with van der Waals surface area (Å²) < 4.78 is 34.5. The maximum atomic E-state index is 12.5. The molecule has 1 N–H and O–H groups in total. The van der Waals surface area contributed by atoms with Crippen LogP contribution in [-0.4, -0.2) is 23.1 Å². The van der Waals surface area contributed by atoms with Crippen molar-refractivity contribution < 1.29 is 12.9 Å². The molecule has 1 atom stereocenters. The molecule has 3 heterocycles. The highest BCUT2D eigenvalue weighted by Gasteiger charge is 2.26. The lowest BCUT2D eigenvalue weighted by molar-refractivity contribution is 0.405. The number of anilines is 1. The molecule has 1 unspecified atom stereocenters. The Balaban J connectivity index is 1.86. The van der Waals surface area contributed by atoms with E-state index in [2.05, 4.69) is 21.8 Å². The van der Waals surface area contributed by atoms with E-state index in [1.165, 1.54) is 0 Å². The third-order valence-corrected chi connectivity index (χ3v) is 5.29. The Bertz CT molecular complexity index is 814. The smallest absolute Gasteiger partial charge is 0.283 e. The van der Waals surface area contributed by atoms with Gasteiger partial charge in [-0.05, 0) is 19.8 Å². The van der Waals surface area contributed by atoms with Gasteiger partial charge in [-0.3, -0.25) is 0 Å². The molecule has 3 rings (SSSR count). The Morgan fingerprint density at radius 1 is 1.39 bits per heavy atom. The van der Waals surface area contributed by atoms with E-state index >= 15 is 0 Å². The van der Waals surface area contributed by atoms with E-state index in [4.69, 9.17) is 4.52 Å². The van der Waals surface area contributed by atoms with Gasteiger partial charge in [-0.25, -0.2) is 9.71 Å². The number of hydrogen-bond donors (Lipinski definition) is 1. The van der Waals surface area contributed by atoms with Gasteiger partial charge in [0.15, 0.2) is 5.03 Å². The fourth-order valence-electron chi connectivity index (χ4n) is 2.66. The largest absolute Gasteiger partial charge is 0.338 e. The minimum atomic E-state index is -3.78. The van der Waals surface area contributed by atoms with Gasteiger partial charge in [-0.1, -0.05) is 25.9 Å². The topological polar surface area (TPSA) is 90.0 Å².